The first-order valence-corrected chi connectivity index (χ1v) is 12.1. The van der Waals surface area contributed by atoms with E-state index in [4.69, 9.17) is 22.8 Å². The van der Waals surface area contributed by atoms with Gasteiger partial charge in [-0.3, -0.25) is 14.4 Å². The van der Waals surface area contributed by atoms with E-state index in [0.29, 0.717) is 18.8 Å². The van der Waals surface area contributed by atoms with Crippen LogP contribution in [-0.4, -0.2) is 40.4 Å². The number of methoxy groups -OCH3 is 1. The molecule has 0 aliphatic rings. The van der Waals surface area contributed by atoms with E-state index < -0.39 is 26.7 Å². The normalized spacial score (nSPS) is 10.9. The molecule has 0 atom stereocenters. The quantitative estimate of drug-likeness (QED) is 0.368. The van der Waals surface area contributed by atoms with E-state index in [2.05, 4.69) is 0 Å². The van der Waals surface area contributed by atoms with E-state index in [-0.39, 0.29) is 12.7 Å². The number of hydrogen-bond acceptors (Lipinski definition) is 8. The molecule has 2 aromatic carbocycles. The predicted molar refractivity (Wildman–Crippen MR) is 119 cm³/mol. The van der Waals surface area contributed by atoms with Crippen LogP contribution in [0.2, 0.25) is 6.04 Å². The van der Waals surface area contributed by atoms with E-state index >= 15 is 0 Å². The lowest BCUT2D eigenvalue weighted by atomic mass is 10.0. The molecule has 0 N–H and O–H groups in total. The van der Waals surface area contributed by atoms with Gasteiger partial charge in [-0.25, -0.2) is 0 Å². The van der Waals surface area contributed by atoms with Crippen LogP contribution < -0.4 is 4.74 Å². The molecule has 0 unspecified atom stereocenters. The van der Waals surface area contributed by atoms with Crippen LogP contribution in [0.1, 0.15) is 32.8 Å². The van der Waals surface area contributed by atoms with Crippen LogP contribution in [0.3, 0.4) is 0 Å². The number of carbonyl (C=O) groups is 3. The highest BCUT2D eigenvalue weighted by atomic mass is 28.4. The molecule has 0 fully saturated rings. The van der Waals surface area contributed by atoms with Gasteiger partial charge in [-0.1, -0.05) is 48.5 Å². The summed E-state index contributed by atoms with van der Waals surface area (Å²) in [7, 11) is -2.28. The van der Waals surface area contributed by atoms with Crippen molar-refractivity contribution in [2.24, 2.45) is 0 Å². The van der Waals surface area contributed by atoms with Crippen molar-refractivity contribution in [3.63, 3.8) is 0 Å². The monoisotopic (exact) mass is 460 g/mol. The Hall–Kier alpha value is -3.17. The maximum atomic E-state index is 11.6. The van der Waals surface area contributed by atoms with Gasteiger partial charge in [0.25, 0.3) is 17.9 Å². The number of carbonyl (C=O) groups excluding carboxylic acids is 3. The lowest BCUT2D eigenvalue weighted by molar-refractivity contribution is -0.147. The fraction of sp³-hybridized carbons (Fsp3) is 0.348. The summed E-state index contributed by atoms with van der Waals surface area (Å²) in [5.74, 6) is -1.43. The second kappa shape index (κ2) is 12.0. The summed E-state index contributed by atoms with van der Waals surface area (Å²) in [4.78, 5) is 34.7. The van der Waals surface area contributed by atoms with Gasteiger partial charge in [0.05, 0.1) is 19.3 Å². The van der Waals surface area contributed by atoms with E-state index in [1.165, 1.54) is 20.8 Å². The van der Waals surface area contributed by atoms with Crippen molar-refractivity contribution in [1.82, 2.24) is 0 Å². The van der Waals surface area contributed by atoms with Crippen LogP contribution in [0.25, 0.3) is 11.1 Å². The largest absolute Gasteiger partial charge is 0.705 e. The molecule has 0 saturated heterocycles. The standard InChI is InChI=1S/C23H28O8Si/c1-17(24)29-32(30-18(2)25,31-19(3)26)15-9-14-28-23-21(16-27-4)12-8-13-22(23)20-10-6-5-7-11-20/h5-8,10-13H,9,14-16H2,1-4H3. The molecule has 0 amide bonds. The highest BCUT2D eigenvalue weighted by molar-refractivity contribution is 6.65. The average Bonchev–Trinajstić information content (AvgIpc) is 2.71. The smallest absolute Gasteiger partial charge is 0.493 e. The second-order valence-electron chi connectivity index (χ2n) is 7.01. The van der Waals surface area contributed by atoms with Gasteiger partial charge in [-0.15, -0.1) is 0 Å². The average molecular weight is 461 g/mol. The zero-order chi connectivity index (χ0) is 23.6. The molecule has 9 heteroatoms. The Balaban J connectivity index is 2.20. The molecular formula is C23H28O8Si. The van der Waals surface area contributed by atoms with E-state index in [1.54, 1.807) is 7.11 Å². The van der Waals surface area contributed by atoms with Crippen molar-refractivity contribution >= 4 is 26.7 Å². The van der Waals surface area contributed by atoms with Gasteiger partial charge >= 0.3 is 8.80 Å². The lowest BCUT2D eigenvalue weighted by Gasteiger charge is -2.26. The maximum Gasteiger partial charge on any atom is 0.705 e. The first kappa shape index (κ1) is 25.1. The zero-order valence-electron chi connectivity index (χ0n) is 18.7. The molecule has 0 heterocycles. The number of hydrogen-bond donors (Lipinski definition) is 0. The van der Waals surface area contributed by atoms with Crippen LogP contribution >= 0.6 is 0 Å². The summed E-state index contributed by atoms with van der Waals surface area (Å²) in [5.41, 5.74) is 2.77. The predicted octanol–water partition coefficient (Wildman–Crippen LogP) is 3.90. The topological polar surface area (TPSA) is 97.4 Å². The molecule has 8 nitrogen and oxygen atoms in total. The van der Waals surface area contributed by atoms with Crippen LogP contribution in [0, 0.1) is 0 Å². The Kier molecular flexibility index (Phi) is 9.42. The van der Waals surface area contributed by atoms with E-state index in [9.17, 15) is 14.4 Å². The van der Waals surface area contributed by atoms with Gasteiger partial charge in [0.1, 0.15) is 5.75 Å². The third-order valence-electron chi connectivity index (χ3n) is 4.25. The van der Waals surface area contributed by atoms with Crippen LogP contribution in [0.5, 0.6) is 5.75 Å². The van der Waals surface area contributed by atoms with Gasteiger partial charge in [-0.2, -0.15) is 0 Å². The summed E-state index contributed by atoms with van der Waals surface area (Å²) in [6, 6.07) is 15.6. The highest BCUT2D eigenvalue weighted by Gasteiger charge is 2.51. The van der Waals surface area contributed by atoms with Gasteiger partial charge in [0.15, 0.2) is 0 Å². The zero-order valence-corrected chi connectivity index (χ0v) is 19.7. The van der Waals surface area contributed by atoms with Crippen LogP contribution in [0.15, 0.2) is 48.5 Å². The summed E-state index contributed by atoms with van der Waals surface area (Å²) in [6.45, 7) is 4.07. The Morgan fingerprint density at radius 1 is 0.812 bits per heavy atom. The minimum Gasteiger partial charge on any atom is -0.493 e. The molecular weight excluding hydrogens is 432 g/mol. The SMILES string of the molecule is COCc1cccc(-c2ccccc2)c1OCCC[Si](OC(C)=O)(OC(C)=O)OC(C)=O. The Labute approximate surface area is 188 Å². The summed E-state index contributed by atoms with van der Waals surface area (Å²) >= 11 is 0. The van der Waals surface area contributed by atoms with Gasteiger partial charge < -0.3 is 22.8 Å². The first-order valence-electron chi connectivity index (χ1n) is 10.1. The number of ether oxygens (including phenoxy) is 2. The minimum atomic E-state index is -3.88. The second-order valence-corrected chi connectivity index (χ2v) is 9.49. The van der Waals surface area contributed by atoms with E-state index in [1.807, 2.05) is 48.5 Å². The molecule has 172 valence electrons. The molecule has 2 rings (SSSR count). The molecule has 0 aromatic heterocycles. The van der Waals surface area contributed by atoms with Gasteiger partial charge in [0, 0.05) is 39.0 Å². The molecule has 0 radical (unpaired) electrons. The molecule has 32 heavy (non-hydrogen) atoms. The molecule has 0 saturated carbocycles. The van der Waals surface area contributed by atoms with Crippen molar-refractivity contribution < 1.29 is 37.1 Å². The summed E-state index contributed by atoms with van der Waals surface area (Å²) in [5, 5.41) is 0. The molecule has 0 aliphatic heterocycles. The van der Waals surface area contributed by atoms with Crippen LogP contribution in [0.4, 0.5) is 0 Å². The van der Waals surface area contributed by atoms with E-state index in [0.717, 1.165) is 16.7 Å². The molecule has 0 spiro atoms. The van der Waals surface area contributed by atoms with Crippen molar-refractivity contribution in [2.75, 3.05) is 13.7 Å². The van der Waals surface area contributed by atoms with Crippen molar-refractivity contribution in [1.29, 1.82) is 0 Å². The summed E-state index contributed by atoms with van der Waals surface area (Å²) in [6.07, 6.45) is 0.315. The number of benzene rings is 2. The van der Waals surface area contributed by atoms with Gasteiger partial charge in [0.2, 0.25) is 0 Å². The fourth-order valence-corrected chi connectivity index (χ4v) is 5.53. The third kappa shape index (κ3) is 7.51. The molecule has 0 bridgehead atoms. The Morgan fingerprint density at radius 3 is 1.94 bits per heavy atom. The van der Waals surface area contributed by atoms with Crippen molar-refractivity contribution in [3.05, 3.63) is 54.1 Å². The van der Waals surface area contributed by atoms with Crippen LogP contribution in [-0.2, 0) is 39.0 Å². The highest BCUT2D eigenvalue weighted by Crippen LogP contribution is 2.34. The minimum absolute atomic E-state index is 0.0405. The third-order valence-corrected chi connectivity index (χ3v) is 7.01. The Morgan fingerprint density at radius 2 is 1.41 bits per heavy atom. The molecule has 0 aliphatic carbocycles. The Bertz CT molecular complexity index is 888. The van der Waals surface area contributed by atoms with Crippen molar-refractivity contribution in [3.8, 4) is 16.9 Å². The number of para-hydroxylation sites is 1. The van der Waals surface area contributed by atoms with Crippen molar-refractivity contribution in [2.45, 2.75) is 39.8 Å². The van der Waals surface area contributed by atoms with Gasteiger partial charge in [-0.05, 0) is 12.0 Å². The summed E-state index contributed by atoms with van der Waals surface area (Å²) < 4.78 is 27.0. The molecule has 2 aromatic rings. The first-order chi connectivity index (χ1) is 15.3. The number of rotatable bonds is 11. The lowest BCUT2D eigenvalue weighted by Crippen LogP contribution is -2.49. The fourth-order valence-electron chi connectivity index (χ4n) is 3.20. The maximum absolute atomic E-state index is 11.6.